The molecule has 0 aliphatic heterocycles. The van der Waals surface area contributed by atoms with E-state index in [4.69, 9.17) is 4.52 Å². The number of hydrogen-bond acceptors (Lipinski definition) is 5. The fraction of sp³-hybridized carbons (Fsp3) is 0.600. The molecule has 0 unspecified atom stereocenters. The van der Waals surface area contributed by atoms with Crippen molar-refractivity contribution in [3.05, 3.63) is 35.5 Å². The van der Waals surface area contributed by atoms with Crippen LogP contribution >= 0.6 is 0 Å². The Labute approximate surface area is 131 Å². The zero-order chi connectivity index (χ0) is 16.5. The molecule has 0 radical (unpaired) electrons. The van der Waals surface area contributed by atoms with E-state index in [1.807, 2.05) is 34.6 Å². The number of aromatic nitrogens is 3. The second kappa shape index (κ2) is 5.87. The molecule has 0 atom stereocenters. The summed E-state index contributed by atoms with van der Waals surface area (Å²) in [4.78, 5) is 0. The SMILES string of the molecule is CC(C)n1ccc(CS(=O)(=O)Cc2conc2C(C)(C)C)n1. The minimum atomic E-state index is -3.33. The van der Waals surface area contributed by atoms with Gasteiger partial charge in [-0.25, -0.2) is 8.42 Å². The van der Waals surface area contributed by atoms with Gasteiger partial charge in [-0.3, -0.25) is 4.68 Å². The van der Waals surface area contributed by atoms with Crippen molar-refractivity contribution in [2.75, 3.05) is 0 Å². The highest BCUT2D eigenvalue weighted by molar-refractivity contribution is 7.89. The van der Waals surface area contributed by atoms with E-state index < -0.39 is 9.84 Å². The van der Waals surface area contributed by atoms with Crippen LogP contribution in [0, 0.1) is 0 Å². The van der Waals surface area contributed by atoms with E-state index >= 15 is 0 Å². The zero-order valence-corrected chi connectivity index (χ0v) is 14.5. The second-order valence-corrected chi connectivity index (χ2v) is 8.92. The largest absolute Gasteiger partial charge is 0.364 e. The van der Waals surface area contributed by atoms with E-state index in [0.29, 0.717) is 17.0 Å². The third-order valence-corrected chi connectivity index (χ3v) is 4.78. The highest BCUT2D eigenvalue weighted by atomic mass is 32.2. The number of sulfone groups is 1. The van der Waals surface area contributed by atoms with Crippen molar-refractivity contribution in [3.63, 3.8) is 0 Å². The molecule has 22 heavy (non-hydrogen) atoms. The maximum Gasteiger partial charge on any atom is 0.160 e. The highest BCUT2D eigenvalue weighted by Crippen LogP contribution is 2.26. The van der Waals surface area contributed by atoms with Gasteiger partial charge in [0, 0.05) is 23.2 Å². The molecule has 0 N–H and O–H groups in total. The summed E-state index contributed by atoms with van der Waals surface area (Å²) in [6, 6.07) is 1.96. The van der Waals surface area contributed by atoms with Crippen LogP contribution < -0.4 is 0 Å². The lowest BCUT2D eigenvalue weighted by molar-refractivity contribution is 0.393. The van der Waals surface area contributed by atoms with Gasteiger partial charge in [-0.2, -0.15) is 5.10 Å². The highest BCUT2D eigenvalue weighted by Gasteiger charge is 2.26. The second-order valence-electron chi connectivity index (χ2n) is 6.85. The molecule has 0 aromatic carbocycles. The van der Waals surface area contributed by atoms with Crippen molar-refractivity contribution in [2.24, 2.45) is 0 Å². The monoisotopic (exact) mass is 325 g/mol. The minimum Gasteiger partial charge on any atom is -0.364 e. The lowest BCUT2D eigenvalue weighted by Gasteiger charge is -2.16. The Balaban J connectivity index is 2.16. The fourth-order valence-electron chi connectivity index (χ4n) is 2.23. The molecular weight excluding hydrogens is 302 g/mol. The Bertz CT molecular complexity index is 736. The number of rotatable bonds is 5. The average Bonchev–Trinajstić information content (AvgIpc) is 2.95. The van der Waals surface area contributed by atoms with E-state index in [2.05, 4.69) is 10.3 Å². The van der Waals surface area contributed by atoms with Crippen molar-refractivity contribution in [2.45, 2.75) is 57.6 Å². The van der Waals surface area contributed by atoms with Gasteiger partial charge < -0.3 is 4.52 Å². The summed E-state index contributed by atoms with van der Waals surface area (Å²) in [6.07, 6.45) is 3.22. The van der Waals surface area contributed by atoms with E-state index in [9.17, 15) is 8.42 Å². The van der Waals surface area contributed by atoms with E-state index in [1.54, 1.807) is 16.9 Å². The van der Waals surface area contributed by atoms with Gasteiger partial charge in [0.05, 0.1) is 22.9 Å². The molecule has 2 aromatic rings. The zero-order valence-electron chi connectivity index (χ0n) is 13.7. The summed E-state index contributed by atoms with van der Waals surface area (Å²) >= 11 is 0. The quantitative estimate of drug-likeness (QED) is 0.844. The maximum atomic E-state index is 12.4. The van der Waals surface area contributed by atoms with Gasteiger partial charge in [0.2, 0.25) is 0 Å². The van der Waals surface area contributed by atoms with Crippen molar-refractivity contribution in [3.8, 4) is 0 Å². The molecule has 0 aliphatic carbocycles. The number of hydrogen-bond donors (Lipinski definition) is 0. The Morgan fingerprint density at radius 3 is 2.50 bits per heavy atom. The topological polar surface area (TPSA) is 78.0 Å². The molecule has 2 rings (SSSR count). The summed E-state index contributed by atoms with van der Waals surface area (Å²) in [6.45, 7) is 9.93. The van der Waals surface area contributed by atoms with Gasteiger partial charge in [0.1, 0.15) is 6.26 Å². The molecule has 0 saturated carbocycles. The molecule has 0 fully saturated rings. The first-order valence-corrected chi connectivity index (χ1v) is 9.09. The summed E-state index contributed by atoms with van der Waals surface area (Å²) in [5.74, 6) is -0.168. The van der Waals surface area contributed by atoms with Crippen molar-refractivity contribution in [1.82, 2.24) is 14.9 Å². The number of nitrogens with zero attached hydrogens (tertiary/aromatic N) is 3. The molecule has 0 bridgehead atoms. The minimum absolute atomic E-state index is 0.0819. The molecule has 6 nitrogen and oxygen atoms in total. The standard InChI is InChI=1S/C15H23N3O3S/c1-11(2)18-7-6-13(16-18)10-22(19,20)9-12-8-21-17-14(12)15(3,4)5/h6-8,11H,9-10H2,1-5H3. The summed E-state index contributed by atoms with van der Waals surface area (Å²) < 4.78 is 31.5. The van der Waals surface area contributed by atoms with Crippen molar-refractivity contribution in [1.29, 1.82) is 0 Å². The molecule has 0 aliphatic rings. The van der Waals surface area contributed by atoms with Crippen molar-refractivity contribution >= 4 is 9.84 Å². The van der Waals surface area contributed by atoms with Crippen molar-refractivity contribution < 1.29 is 12.9 Å². The Morgan fingerprint density at radius 1 is 1.27 bits per heavy atom. The van der Waals surface area contributed by atoms with Crippen LogP contribution in [0.25, 0.3) is 0 Å². The van der Waals surface area contributed by atoms with Gasteiger partial charge in [-0.05, 0) is 19.9 Å². The van der Waals surface area contributed by atoms with Crippen LogP contribution in [0.2, 0.25) is 0 Å². The first-order valence-electron chi connectivity index (χ1n) is 7.27. The van der Waals surface area contributed by atoms with E-state index in [1.165, 1.54) is 6.26 Å². The smallest absolute Gasteiger partial charge is 0.160 e. The maximum absolute atomic E-state index is 12.4. The summed E-state index contributed by atoms with van der Waals surface area (Å²) in [5, 5.41) is 8.24. The van der Waals surface area contributed by atoms with Crippen LogP contribution in [0.3, 0.4) is 0 Å². The third kappa shape index (κ3) is 3.97. The van der Waals surface area contributed by atoms with E-state index in [-0.39, 0.29) is 23.0 Å². The van der Waals surface area contributed by atoms with Gasteiger partial charge in [-0.15, -0.1) is 0 Å². The molecule has 2 heterocycles. The van der Waals surface area contributed by atoms with Crippen LogP contribution in [0.4, 0.5) is 0 Å². The third-order valence-electron chi connectivity index (χ3n) is 3.29. The van der Waals surface area contributed by atoms with Crippen LogP contribution in [0.15, 0.2) is 23.0 Å². The van der Waals surface area contributed by atoms with Gasteiger partial charge in [0.15, 0.2) is 9.84 Å². The molecular formula is C15H23N3O3S. The first kappa shape index (κ1) is 16.7. The van der Waals surface area contributed by atoms with E-state index in [0.717, 1.165) is 0 Å². The van der Waals surface area contributed by atoms with Gasteiger partial charge in [0.25, 0.3) is 0 Å². The van der Waals surface area contributed by atoms with Crippen LogP contribution in [-0.2, 0) is 26.8 Å². The lowest BCUT2D eigenvalue weighted by Crippen LogP contribution is -2.17. The Hall–Kier alpha value is -1.63. The predicted octanol–water partition coefficient (Wildman–Crippen LogP) is 2.86. The predicted molar refractivity (Wildman–Crippen MR) is 84.1 cm³/mol. The van der Waals surface area contributed by atoms with Gasteiger partial charge >= 0.3 is 0 Å². The Kier molecular flexibility index (Phi) is 4.47. The van der Waals surface area contributed by atoms with Crippen LogP contribution in [0.1, 0.15) is 57.6 Å². The summed E-state index contributed by atoms with van der Waals surface area (Å²) in [7, 11) is -3.33. The molecule has 7 heteroatoms. The lowest BCUT2D eigenvalue weighted by atomic mass is 9.90. The Morgan fingerprint density at radius 2 is 1.95 bits per heavy atom. The summed E-state index contributed by atoms with van der Waals surface area (Å²) in [5.41, 5.74) is 1.61. The van der Waals surface area contributed by atoms with Crippen LogP contribution in [0.5, 0.6) is 0 Å². The first-order chi connectivity index (χ1) is 10.1. The molecule has 122 valence electrons. The molecule has 0 amide bonds. The van der Waals surface area contributed by atoms with Crippen LogP contribution in [-0.4, -0.2) is 23.4 Å². The normalized spacial score (nSPS) is 13.0. The average molecular weight is 325 g/mol. The van der Waals surface area contributed by atoms with Gasteiger partial charge in [-0.1, -0.05) is 25.9 Å². The fourth-order valence-corrected chi connectivity index (χ4v) is 3.62. The molecule has 0 spiro atoms. The molecule has 0 saturated heterocycles. The molecule has 2 aromatic heterocycles.